The van der Waals surface area contributed by atoms with Gasteiger partial charge >= 0.3 is 0 Å². The summed E-state index contributed by atoms with van der Waals surface area (Å²) in [6, 6.07) is 14.6. The summed E-state index contributed by atoms with van der Waals surface area (Å²) in [7, 11) is 1.60. The average molecular weight is 324 g/mol. The summed E-state index contributed by atoms with van der Waals surface area (Å²) in [6.45, 7) is 2.42. The van der Waals surface area contributed by atoms with Gasteiger partial charge in [0.2, 0.25) is 5.91 Å². The minimum atomic E-state index is -0.187. The summed E-state index contributed by atoms with van der Waals surface area (Å²) in [6.07, 6.45) is 0.309. The van der Waals surface area contributed by atoms with E-state index in [0.717, 1.165) is 17.0 Å². The Labute approximate surface area is 141 Å². The molecule has 1 aliphatic heterocycles. The van der Waals surface area contributed by atoms with E-state index in [2.05, 4.69) is 5.32 Å². The lowest BCUT2D eigenvalue weighted by molar-refractivity contribution is -0.117. The Morgan fingerprint density at radius 2 is 1.96 bits per heavy atom. The van der Waals surface area contributed by atoms with E-state index in [4.69, 9.17) is 4.74 Å². The first-order valence-electron chi connectivity index (χ1n) is 7.89. The lowest BCUT2D eigenvalue weighted by Crippen LogP contribution is -2.37. The summed E-state index contributed by atoms with van der Waals surface area (Å²) in [5.41, 5.74) is 2.46. The van der Waals surface area contributed by atoms with Crippen LogP contribution in [0.2, 0.25) is 0 Å². The van der Waals surface area contributed by atoms with Gasteiger partial charge in [0.25, 0.3) is 5.91 Å². The van der Waals surface area contributed by atoms with Gasteiger partial charge in [-0.2, -0.15) is 0 Å². The van der Waals surface area contributed by atoms with Crippen LogP contribution in [0.4, 0.5) is 5.69 Å². The van der Waals surface area contributed by atoms with E-state index in [-0.39, 0.29) is 17.9 Å². The third-order valence-electron chi connectivity index (χ3n) is 4.12. The Balaban J connectivity index is 1.67. The number of benzene rings is 2. The Morgan fingerprint density at radius 1 is 1.21 bits per heavy atom. The van der Waals surface area contributed by atoms with Crippen LogP contribution >= 0.6 is 0 Å². The molecule has 1 fully saturated rings. The summed E-state index contributed by atoms with van der Waals surface area (Å²) >= 11 is 0. The average Bonchev–Trinajstić information content (AvgIpc) is 2.95. The predicted octanol–water partition coefficient (Wildman–Crippen LogP) is 2.54. The molecule has 5 nitrogen and oxygen atoms in total. The molecule has 0 aliphatic carbocycles. The van der Waals surface area contributed by atoms with Crippen LogP contribution < -0.4 is 15.0 Å². The number of anilines is 1. The van der Waals surface area contributed by atoms with Gasteiger partial charge in [-0.25, -0.2) is 0 Å². The Kier molecular flexibility index (Phi) is 4.51. The highest BCUT2D eigenvalue weighted by atomic mass is 16.5. The van der Waals surface area contributed by atoms with Gasteiger partial charge < -0.3 is 15.0 Å². The quantitative estimate of drug-likeness (QED) is 0.940. The Morgan fingerprint density at radius 3 is 2.62 bits per heavy atom. The Bertz CT molecular complexity index is 755. The molecule has 0 radical (unpaired) electrons. The van der Waals surface area contributed by atoms with Crippen molar-refractivity contribution in [3.8, 4) is 5.75 Å². The molecule has 124 valence electrons. The molecule has 0 unspecified atom stereocenters. The van der Waals surface area contributed by atoms with Crippen molar-refractivity contribution >= 4 is 17.5 Å². The number of carbonyl (C=O) groups is 2. The molecule has 2 aromatic rings. The Hall–Kier alpha value is -2.82. The van der Waals surface area contributed by atoms with E-state index in [1.54, 1.807) is 18.1 Å². The SMILES string of the molecule is COc1ccc(N2C[C@H](NC(=O)c3cccc(C)c3)CC2=O)cc1. The van der Waals surface area contributed by atoms with Gasteiger partial charge in [0.15, 0.2) is 0 Å². The highest BCUT2D eigenvalue weighted by Crippen LogP contribution is 2.24. The van der Waals surface area contributed by atoms with Crippen LogP contribution in [0.1, 0.15) is 22.3 Å². The third-order valence-corrected chi connectivity index (χ3v) is 4.12. The van der Waals surface area contributed by atoms with E-state index >= 15 is 0 Å². The number of nitrogens with zero attached hydrogens (tertiary/aromatic N) is 1. The molecule has 24 heavy (non-hydrogen) atoms. The van der Waals surface area contributed by atoms with E-state index < -0.39 is 0 Å². The number of hydrogen-bond donors (Lipinski definition) is 1. The zero-order chi connectivity index (χ0) is 17.1. The number of nitrogens with one attached hydrogen (secondary N) is 1. The number of amides is 2. The van der Waals surface area contributed by atoms with Gasteiger partial charge in [-0.3, -0.25) is 9.59 Å². The first-order valence-corrected chi connectivity index (χ1v) is 7.89. The van der Waals surface area contributed by atoms with E-state index in [0.29, 0.717) is 18.5 Å². The zero-order valence-electron chi connectivity index (χ0n) is 13.8. The van der Waals surface area contributed by atoms with Gasteiger partial charge in [-0.15, -0.1) is 0 Å². The van der Waals surface area contributed by atoms with Crippen LogP contribution in [0, 0.1) is 6.92 Å². The molecule has 1 heterocycles. The lowest BCUT2D eigenvalue weighted by atomic mass is 10.1. The van der Waals surface area contributed by atoms with Crippen molar-refractivity contribution in [2.75, 3.05) is 18.6 Å². The molecule has 1 atom stereocenters. The van der Waals surface area contributed by atoms with Crippen molar-refractivity contribution < 1.29 is 14.3 Å². The maximum absolute atomic E-state index is 12.3. The smallest absolute Gasteiger partial charge is 0.251 e. The fourth-order valence-corrected chi connectivity index (χ4v) is 2.87. The van der Waals surface area contributed by atoms with Crippen molar-refractivity contribution in [2.24, 2.45) is 0 Å². The van der Waals surface area contributed by atoms with Crippen LogP contribution in [-0.4, -0.2) is 31.5 Å². The monoisotopic (exact) mass is 324 g/mol. The van der Waals surface area contributed by atoms with Crippen LogP contribution in [0.3, 0.4) is 0 Å². The van der Waals surface area contributed by atoms with E-state index in [1.165, 1.54) is 0 Å². The first-order chi connectivity index (χ1) is 11.6. The summed E-state index contributed by atoms with van der Waals surface area (Å²) in [4.78, 5) is 26.3. The second kappa shape index (κ2) is 6.74. The third kappa shape index (κ3) is 3.40. The molecule has 5 heteroatoms. The van der Waals surface area contributed by atoms with Crippen LogP contribution in [-0.2, 0) is 4.79 Å². The highest BCUT2D eigenvalue weighted by molar-refractivity contribution is 5.99. The number of hydrogen-bond acceptors (Lipinski definition) is 3. The maximum Gasteiger partial charge on any atom is 0.251 e. The normalized spacial score (nSPS) is 17.0. The fourth-order valence-electron chi connectivity index (χ4n) is 2.87. The molecule has 2 aromatic carbocycles. The van der Waals surface area contributed by atoms with Gasteiger partial charge in [0.05, 0.1) is 13.2 Å². The molecule has 1 N–H and O–H groups in total. The molecule has 0 saturated carbocycles. The largest absolute Gasteiger partial charge is 0.497 e. The van der Waals surface area contributed by atoms with Crippen molar-refractivity contribution in [1.29, 1.82) is 0 Å². The van der Waals surface area contributed by atoms with Crippen molar-refractivity contribution in [3.63, 3.8) is 0 Å². The fraction of sp³-hybridized carbons (Fsp3) is 0.263. The first kappa shape index (κ1) is 16.1. The van der Waals surface area contributed by atoms with Crippen molar-refractivity contribution in [3.05, 3.63) is 59.7 Å². The summed E-state index contributed by atoms with van der Waals surface area (Å²) in [5.74, 6) is 0.609. The topological polar surface area (TPSA) is 58.6 Å². The maximum atomic E-state index is 12.3. The molecule has 1 aliphatic rings. The molecule has 0 spiro atoms. The molecular weight excluding hydrogens is 304 g/mol. The summed E-state index contributed by atoms with van der Waals surface area (Å²) < 4.78 is 5.13. The van der Waals surface area contributed by atoms with Gasteiger partial charge in [-0.05, 0) is 43.3 Å². The van der Waals surface area contributed by atoms with Gasteiger partial charge in [0.1, 0.15) is 5.75 Å². The molecule has 0 bridgehead atoms. The number of rotatable bonds is 4. The predicted molar refractivity (Wildman–Crippen MR) is 92.4 cm³/mol. The molecule has 2 amide bonds. The van der Waals surface area contributed by atoms with E-state index in [1.807, 2.05) is 49.4 Å². The number of aryl methyl sites for hydroxylation is 1. The minimum absolute atomic E-state index is 0.00899. The van der Waals surface area contributed by atoms with E-state index in [9.17, 15) is 9.59 Å². The second-order valence-corrected chi connectivity index (χ2v) is 5.95. The van der Waals surface area contributed by atoms with Crippen LogP contribution in [0.5, 0.6) is 5.75 Å². The van der Waals surface area contributed by atoms with Crippen LogP contribution in [0.25, 0.3) is 0 Å². The highest BCUT2D eigenvalue weighted by Gasteiger charge is 2.31. The molecule has 1 saturated heterocycles. The van der Waals surface area contributed by atoms with Gasteiger partial charge in [0, 0.05) is 24.2 Å². The standard InChI is InChI=1S/C19H20N2O3/c1-13-4-3-5-14(10-13)19(23)20-15-11-18(22)21(12-15)16-6-8-17(24-2)9-7-16/h3-10,15H,11-12H2,1-2H3,(H,20,23)/t15-/m1/s1. The molecular formula is C19H20N2O3. The van der Waals surface area contributed by atoms with Gasteiger partial charge in [-0.1, -0.05) is 17.7 Å². The molecule has 0 aromatic heterocycles. The molecule has 3 rings (SSSR count). The lowest BCUT2D eigenvalue weighted by Gasteiger charge is -2.17. The second-order valence-electron chi connectivity index (χ2n) is 5.95. The van der Waals surface area contributed by atoms with Crippen molar-refractivity contribution in [2.45, 2.75) is 19.4 Å². The number of ether oxygens (including phenoxy) is 1. The number of methoxy groups -OCH3 is 1. The van der Waals surface area contributed by atoms with Crippen molar-refractivity contribution in [1.82, 2.24) is 5.32 Å². The number of carbonyl (C=O) groups excluding carboxylic acids is 2. The minimum Gasteiger partial charge on any atom is -0.497 e. The zero-order valence-corrected chi connectivity index (χ0v) is 13.8. The van der Waals surface area contributed by atoms with Crippen LogP contribution in [0.15, 0.2) is 48.5 Å². The summed E-state index contributed by atoms with van der Waals surface area (Å²) in [5, 5.41) is 2.95.